The van der Waals surface area contributed by atoms with Crippen molar-refractivity contribution in [1.82, 2.24) is 19.4 Å². The zero-order chi connectivity index (χ0) is 19.5. The highest BCUT2D eigenvalue weighted by Crippen LogP contribution is 2.27. The van der Waals surface area contributed by atoms with Gasteiger partial charge in [-0.05, 0) is 37.8 Å². The van der Waals surface area contributed by atoms with Gasteiger partial charge in [0.2, 0.25) is 0 Å². The minimum atomic E-state index is 0.162. The Hall–Kier alpha value is -2.87. The largest absolute Gasteiger partial charge is 0.461 e. The van der Waals surface area contributed by atoms with Crippen molar-refractivity contribution in [2.24, 2.45) is 0 Å². The Morgan fingerprint density at radius 1 is 1.03 bits per heavy atom. The SMILES string of the molecule is c1ccc(NC2CCC(Oc3nc(N4CCOCC4)cc4nccn34)CC2)nc1. The molecule has 1 saturated heterocycles. The zero-order valence-electron chi connectivity index (χ0n) is 16.4. The number of hydrogen-bond acceptors (Lipinski definition) is 7. The fraction of sp³-hybridized carbons (Fsp3) is 0.476. The molecule has 0 aromatic carbocycles. The molecule has 2 fully saturated rings. The number of hydrogen-bond donors (Lipinski definition) is 1. The number of pyridine rings is 1. The third kappa shape index (κ3) is 4.12. The van der Waals surface area contributed by atoms with E-state index in [1.165, 1.54) is 0 Å². The summed E-state index contributed by atoms with van der Waals surface area (Å²) in [7, 11) is 0. The Bertz CT molecular complexity index is 933. The van der Waals surface area contributed by atoms with Gasteiger partial charge >= 0.3 is 6.01 Å². The van der Waals surface area contributed by atoms with E-state index < -0.39 is 0 Å². The summed E-state index contributed by atoms with van der Waals surface area (Å²) in [6.07, 6.45) is 9.77. The van der Waals surface area contributed by atoms with E-state index in [-0.39, 0.29) is 6.10 Å². The van der Waals surface area contributed by atoms with Crippen LogP contribution in [0.25, 0.3) is 5.65 Å². The first kappa shape index (κ1) is 18.2. The van der Waals surface area contributed by atoms with Crippen molar-refractivity contribution in [2.45, 2.75) is 37.8 Å². The number of anilines is 2. The quantitative estimate of drug-likeness (QED) is 0.713. The highest BCUT2D eigenvalue weighted by molar-refractivity contribution is 5.53. The maximum Gasteiger partial charge on any atom is 0.304 e. The van der Waals surface area contributed by atoms with Crippen LogP contribution in [0.15, 0.2) is 42.9 Å². The van der Waals surface area contributed by atoms with E-state index in [1.54, 1.807) is 6.20 Å². The average Bonchev–Trinajstić information content (AvgIpc) is 3.26. The number of ether oxygens (including phenoxy) is 2. The first-order valence-electron chi connectivity index (χ1n) is 10.4. The molecule has 0 radical (unpaired) electrons. The van der Waals surface area contributed by atoms with Crippen LogP contribution in [0.4, 0.5) is 11.6 Å². The van der Waals surface area contributed by atoms with Crippen LogP contribution < -0.4 is 15.0 Å². The standard InChI is InChI=1S/C21H26N6O2/c1-2-8-22-18(3-1)24-16-4-6-17(7-5-16)29-21-25-20(26-11-13-28-14-12-26)15-19-23-9-10-27(19)21/h1-3,8-10,15-17H,4-7,11-14H2,(H,22,24). The van der Waals surface area contributed by atoms with Crippen LogP contribution in [0.1, 0.15) is 25.7 Å². The molecule has 2 aliphatic rings. The van der Waals surface area contributed by atoms with E-state index in [4.69, 9.17) is 14.5 Å². The van der Waals surface area contributed by atoms with Crippen LogP contribution in [-0.4, -0.2) is 57.8 Å². The van der Waals surface area contributed by atoms with Crippen molar-refractivity contribution in [3.8, 4) is 6.01 Å². The lowest BCUT2D eigenvalue weighted by atomic mass is 9.93. The van der Waals surface area contributed by atoms with Gasteiger partial charge in [0, 0.05) is 43.8 Å². The second-order valence-corrected chi connectivity index (χ2v) is 7.60. The molecular formula is C21H26N6O2. The summed E-state index contributed by atoms with van der Waals surface area (Å²) < 4.78 is 13.8. The van der Waals surface area contributed by atoms with E-state index in [1.807, 2.05) is 41.1 Å². The highest BCUT2D eigenvalue weighted by Gasteiger charge is 2.24. The molecule has 3 aromatic rings. The second-order valence-electron chi connectivity index (χ2n) is 7.60. The third-order valence-electron chi connectivity index (χ3n) is 5.64. The fourth-order valence-electron chi connectivity index (χ4n) is 4.05. The minimum Gasteiger partial charge on any atom is -0.461 e. The average molecular weight is 394 g/mol. The molecule has 4 heterocycles. The summed E-state index contributed by atoms with van der Waals surface area (Å²) in [5.41, 5.74) is 0.863. The lowest BCUT2D eigenvalue weighted by molar-refractivity contribution is 0.121. The van der Waals surface area contributed by atoms with Gasteiger partial charge in [-0.25, -0.2) is 9.97 Å². The van der Waals surface area contributed by atoms with Gasteiger partial charge in [0.15, 0.2) is 0 Å². The summed E-state index contributed by atoms with van der Waals surface area (Å²) in [5, 5.41) is 3.53. The van der Waals surface area contributed by atoms with Crippen LogP contribution in [0, 0.1) is 0 Å². The highest BCUT2D eigenvalue weighted by atomic mass is 16.5. The van der Waals surface area contributed by atoms with E-state index in [9.17, 15) is 0 Å². The summed E-state index contributed by atoms with van der Waals surface area (Å²) in [4.78, 5) is 15.9. The summed E-state index contributed by atoms with van der Waals surface area (Å²) >= 11 is 0. The Morgan fingerprint density at radius 2 is 1.90 bits per heavy atom. The molecule has 152 valence electrons. The van der Waals surface area contributed by atoms with Crippen LogP contribution >= 0.6 is 0 Å². The van der Waals surface area contributed by atoms with Crippen molar-refractivity contribution in [2.75, 3.05) is 36.5 Å². The van der Waals surface area contributed by atoms with Crippen LogP contribution in [0.3, 0.4) is 0 Å². The smallest absolute Gasteiger partial charge is 0.304 e. The molecule has 0 spiro atoms. The Balaban J connectivity index is 1.26. The number of nitrogens with zero attached hydrogens (tertiary/aromatic N) is 5. The molecular weight excluding hydrogens is 368 g/mol. The normalized spacial score (nSPS) is 22.6. The van der Waals surface area contributed by atoms with Gasteiger partial charge in [0.05, 0.1) is 13.2 Å². The molecule has 8 nitrogen and oxygen atoms in total. The predicted octanol–water partition coefficient (Wildman–Crippen LogP) is 2.76. The van der Waals surface area contributed by atoms with Crippen molar-refractivity contribution in [3.05, 3.63) is 42.9 Å². The topological polar surface area (TPSA) is 76.8 Å². The van der Waals surface area contributed by atoms with E-state index in [2.05, 4.69) is 20.2 Å². The predicted molar refractivity (Wildman–Crippen MR) is 111 cm³/mol. The Labute approximate surface area is 169 Å². The van der Waals surface area contributed by atoms with Crippen molar-refractivity contribution in [3.63, 3.8) is 0 Å². The van der Waals surface area contributed by atoms with Gasteiger partial charge in [-0.15, -0.1) is 0 Å². The molecule has 5 rings (SSSR count). The molecule has 1 saturated carbocycles. The zero-order valence-corrected chi connectivity index (χ0v) is 16.4. The molecule has 1 aliphatic heterocycles. The number of imidazole rings is 1. The van der Waals surface area contributed by atoms with E-state index in [0.29, 0.717) is 12.1 Å². The molecule has 3 aromatic heterocycles. The summed E-state index contributed by atoms with van der Waals surface area (Å²) in [6, 6.07) is 9.04. The van der Waals surface area contributed by atoms with Crippen LogP contribution in [-0.2, 0) is 4.74 Å². The van der Waals surface area contributed by atoms with Gasteiger partial charge < -0.3 is 19.7 Å². The molecule has 0 atom stereocenters. The number of aromatic nitrogens is 4. The molecule has 1 aliphatic carbocycles. The molecule has 1 N–H and O–H groups in total. The van der Waals surface area contributed by atoms with Gasteiger partial charge in [-0.3, -0.25) is 4.40 Å². The van der Waals surface area contributed by atoms with Crippen molar-refractivity contribution >= 4 is 17.3 Å². The number of fused-ring (bicyclic) bond motifs is 1. The van der Waals surface area contributed by atoms with Gasteiger partial charge in [0.1, 0.15) is 23.4 Å². The van der Waals surface area contributed by atoms with Crippen molar-refractivity contribution in [1.29, 1.82) is 0 Å². The van der Waals surface area contributed by atoms with Crippen molar-refractivity contribution < 1.29 is 9.47 Å². The molecule has 0 unspecified atom stereocenters. The second kappa shape index (κ2) is 8.24. The maximum atomic E-state index is 6.37. The van der Waals surface area contributed by atoms with Gasteiger partial charge in [-0.1, -0.05) is 6.07 Å². The molecule has 29 heavy (non-hydrogen) atoms. The number of rotatable bonds is 5. The number of nitrogens with one attached hydrogen (secondary N) is 1. The third-order valence-corrected chi connectivity index (χ3v) is 5.64. The lowest BCUT2D eigenvalue weighted by Crippen LogP contribution is -2.37. The summed E-state index contributed by atoms with van der Waals surface area (Å²) in [5.74, 6) is 1.85. The first-order chi connectivity index (χ1) is 14.3. The fourth-order valence-corrected chi connectivity index (χ4v) is 4.05. The van der Waals surface area contributed by atoms with Crippen LogP contribution in [0.2, 0.25) is 0 Å². The molecule has 0 bridgehead atoms. The van der Waals surface area contributed by atoms with Crippen LogP contribution in [0.5, 0.6) is 6.01 Å². The van der Waals surface area contributed by atoms with E-state index in [0.717, 1.165) is 69.3 Å². The van der Waals surface area contributed by atoms with Gasteiger partial charge in [-0.2, -0.15) is 4.98 Å². The van der Waals surface area contributed by atoms with E-state index >= 15 is 0 Å². The Morgan fingerprint density at radius 3 is 2.69 bits per heavy atom. The van der Waals surface area contributed by atoms with Gasteiger partial charge in [0.25, 0.3) is 0 Å². The Kier molecular flexibility index (Phi) is 5.17. The summed E-state index contributed by atoms with van der Waals surface area (Å²) in [6.45, 7) is 3.14. The minimum absolute atomic E-state index is 0.162. The maximum absolute atomic E-state index is 6.37. The monoisotopic (exact) mass is 394 g/mol. The number of morpholine rings is 1. The first-order valence-corrected chi connectivity index (χ1v) is 10.4. The lowest BCUT2D eigenvalue weighted by Gasteiger charge is -2.30. The molecule has 0 amide bonds. The molecule has 8 heteroatoms.